The van der Waals surface area contributed by atoms with Crippen molar-refractivity contribution in [3.05, 3.63) is 59.3 Å². The van der Waals surface area contributed by atoms with E-state index in [-0.39, 0.29) is 12.5 Å². The third-order valence-corrected chi connectivity index (χ3v) is 6.47. The molecular formula is C30H49N3O2. The first kappa shape index (κ1) is 30.7. The van der Waals surface area contributed by atoms with Gasteiger partial charge in [-0.05, 0) is 56.4 Å². The molecule has 2 aromatic rings. The van der Waals surface area contributed by atoms with E-state index < -0.39 is 0 Å². The molecule has 1 fully saturated rings. The van der Waals surface area contributed by atoms with Gasteiger partial charge in [-0.25, -0.2) is 0 Å². The number of piperidine rings is 1. The summed E-state index contributed by atoms with van der Waals surface area (Å²) in [7, 11) is 0. The highest BCUT2D eigenvalue weighted by atomic mass is 16.2. The van der Waals surface area contributed by atoms with Gasteiger partial charge in [0, 0.05) is 61.3 Å². The Bertz CT molecular complexity index is 950. The number of nitrogens with one attached hydrogen (secondary N) is 1. The standard InChI is InChI=1S/C23H31N3O.C3H6O.2C2H6/c1-4-16(2)15-26-21-6-5-18(23(27)25-11-8-17(3)9-12-25)13-19(21)20-14-24-10-7-22(20)26;1-2-3-4;2*1-2/h4-6,13,17,24H,7-12,14-15H2,1-3H3;2,4H,1,3H2;2*1-2H3/b16-4+;;;. The Balaban J connectivity index is 0.000000684. The van der Waals surface area contributed by atoms with E-state index in [9.17, 15) is 4.79 Å². The van der Waals surface area contributed by atoms with E-state index in [1.165, 1.54) is 33.8 Å². The number of hydrogen-bond acceptors (Lipinski definition) is 3. The quantitative estimate of drug-likeness (QED) is 0.499. The molecule has 0 bridgehead atoms. The van der Waals surface area contributed by atoms with Gasteiger partial charge < -0.3 is 19.9 Å². The number of rotatable bonds is 4. The fraction of sp³-hybridized carbons (Fsp3) is 0.567. The molecule has 2 aliphatic rings. The summed E-state index contributed by atoms with van der Waals surface area (Å²) in [5.41, 5.74) is 6.28. The second-order valence-corrected chi connectivity index (χ2v) is 8.75. The van der Waals surface area contributed by atoms with Crippen LogP contribution in [0.25, 0.3) is 10.9 Å². The molecule has 196 valence electrons. The van der Waals surface area contributed by atoms with E-state index in [1.807, 2.05) is 38.7 Å². The molecule has 5 heteroatoms. The Morgan fingerprint density at radius 2 is 1.83 bits per heavy atom. The van der Waals surface area contributed by atoms with Crippen LogP contribution in [0, 0.1) is 5.92 Å². The van der Waals surface area contributed by atoms with Crippen molar-refractivity contribution >= 4 is 16.8 Å². The van der Waals surface area contributed by atoms with Crippen LogP contribution in [-0.2, 0) is 19.5 Å². The number of fused-ring (bicyclic) bond motifs is 3. The van der Waals surface area contributed by atoms with Gasteiger partial charge in [-0.2, -0.15) is 0 Å². The van der Waals surface area contributed by atoms with Crippen LogP contribution in [0.4, 0.5) is 0 Å². The van der Waals surface area contributed by atoms with E-state index in [1.54, 1.807) is 0 Å². The molecule has 0 unspecified atom stereocenters. The lowest BCUT2D eigenvalue weighted by atomic mass is 9.98. The lowest BCUT2D eigenvalue weighted by Crippen LogP contribution is -2.37. The van der Waals surface area contributed by atoms with Gasteiger partial charge >= 0.3 is 0 Å². The molecule has 0 spiro atoms. The fourth-order valence-electron chi connectivity index (χ4n) is 4.43. The molecule has 0 atom stereocenters. The van der Waals surface area contributed by atoms with Gasteiger partial charge in [-0.1, -0.05) is 52.3 Å². The van der Waals surface area contributed by atoms with Crippen LogP contribution < -0.4 is 5.32 Å². The molecule has 1 aromatic carbocycles. The first-order chi connectivity index (χ1) is 17.0. The number of carbonyl (C=O) groups is 1. The monoisotopic (exact) mass is 483 g/mol. The normalized spacial score (nSPS) is 15.5. The highest BCUT2D eigenvalue weighted by molar-refractivity contribution is 5.99. The van der Waals surface area contributed by atoms with E-state index in [0.29, 0.717) is 0 Å². The van der Waals surface area contributed by atoms with Crippen LogP contribution in [0.2, 0.25) is 0 Å². The van der Waals surface area contributed by atoms with Crippen LogP contribution in [0.3, 0.4) is 0 Å². The van der Waals surface area contributed by atoms with Crippen molar-refractivity contribution in [3.8, 4) is 0 Å². The Hall–Kier alpha value is -2.37. The second kappa shape index (κ2) is 16.3. The van der Waals surface area contributed by atoms with Crippen molar-refractivity contribution in [3.63, 3.8) is 0 Å². The number of benzene rings is 1. The molecule has 4 rings (SSSR count). The van der Waals surface area contributed by atoms with E-state index in [2.05, 4.69) is 55.4 Å². The zero-order valence-corrected chi connectivity index (χ0v) is 23.3. The summed E-state index contributed by atoms with van der Waals surface area (Å²) in [5, 5.41) is 12.5. The SMILES string of the molecule is C/C=C(\C)Cn1c2c(c3cc(C(=O)N4CCC(C)CC4)ccc31)CNCC2.C=CCO.CC.CC. The molecule has 0 aliphatic carbocycles. The summed E-state index contributed by atoms with van der Waals surface area (Å²) in [5.74, 6) is 0.928. The highest BCUT2D eigenvalue weighted by Gasteiger charge is 2.24. The number of amides is 1. The van der Waals surface area contributed by atoms with Crippen molar-refractivity contribution < 1.29 is 9.90 Å². The predicted molar refractivity (Wildman–Crippen MR) is 151 cm³/mol. The summed E-state index contributed by atoms with van der Waals surface area (Å²) >= 11 is 0. The minimum Gasteiger partial charge on any atom is -0.392 e. The molecule has 2 aliphatic heterocycles. The Morgan fingerprint density at radius 3 is 2.40 bits per heavy atom. The first-order valence-corrected chi connectivity index (χ1v) is 13.5. The van der Waals surface area contributed by atoms with Gasteiger partial charge in [0.1, 0.15) is 0 Å². The van der Waals surface area contributed by atoms with Gasteiger partial charge in [-0.3, -0.25) is 4.79 Å². The maximum Gasteiger partial charge on any atom is 0.253 e. The smallest absolute Gasteiger partial charge is 0.253 e. The number of carbonyl (C=O) groups excluding carboxylic acids is 1. The van der Waals surface area contributed by atoms with Gasteiger partial charge in [0.2, 0.25) is 0 Å². The molecule has 5 nitrogen and oxygen atoms in total. The number of nitrogens with zero attached hydrogens (tertiary/aromatic N) is 2. The third kappa shape index (κ3) is 8.08. The fourth-order valence-corrected chi connectivity index (χ4v) is 4.43. The topological polar surface area (TPSA) is 57.5 Å². The van der Waals surface area contributed by atoms with Gasteiger partial charge in [-0.15, -0.1) is 6.58 Å². The maximum absolute atomic E-state index is 13.0. The number of hydrogen-bond donors (Lipinski definition) is 2. The summed E-state index contributed by atoms with van der Waals surface area (Å²) in [6, 6.07) is 6.34. The van der Waals surface area contributed by atoms with E-state index in [4.69, 9.17) is 5.11 Å². The Morgan fingerprint density at radius 1 is 1.20 bits per heavy atom. The number of aromatic nitrogens is 1. The molecule has 0 saturated carbocycles. The number of aliphatic hydroxyl groups is 1. The van der Waals surface area contributed by atoms with Crippen molar-refractivity contribution in [2.75, 3.05) is 26.2 Å². The van der Waals surface area contributed by atoms with Crippen LogP contribution >= 0.6 is 0 Å². The lowest BCUT2D eigenvalue weighted by molar-refractivity contribution is 0.0697. The molecule has 3 heterocycles. The minimum atomic E-state index is 0.0833. The third-order valence-electron chi connectivity index (χ3n) is 6.47. The zero-order chi connectivity index (χ0) is 26.4. The molecule has 35 heavy (non-hydrogen) atoms. The Kier molecular flexibility index (Phi) is 14.3. The maximum atomic E-state index is 13.0. The average Bonchev–Trinajstić information content (AvgIpc) is 3.23. The summed E-state index contributed by atoms with van der Waals surface area (Å²) in [6.45, 7) is 22.5. The zero-order valence-electron chi connectivity index (χ0n) is 23.3. The molecular weight excluding hydrogens is 434 g/mol. The van der Waals surface area contributed by atoms with Crippen LogP contribution in [0.5, 0.6) is 0 Å². The van der Waals surface area contributed by atoms with Crippen molar-refractivity contribution in [2.24, 2.45) is 5.92 Å². The first-order valence-electron chi connectivity index (χ1n) is 13.5. The highest BCUT2D eigenvalue weighted by Crippen LogP contribution is 2.31. The molecule has 1 aromatic heterocycles. The number of likely N-dealkylation sites (tertiary alicyclic amines) is 1. The largest absolute Gasteiger partial charge is 0.392 e. The van der Waals surface area contributed by atoms with Gasteiger partial charge in [0.05, 0.1) is 6.61 Å². The van der Waals surface area contributed by atoms with E-state index in [0.717, 1.165) is 63.5 Å². The van der Waals surface area contributed by atoms with E-state index >= 15 is 0 Å². The molecule has 2 N–H and O–H groups in total. The van der Waals surface area contributed by atoms with Crippen molar-refractivity contribution in [1.82, 2.24) is 14.8 Å². The number of allylic oxidation sites excluding steroid dienone is 2. The number of aliphatic hydroxyl groups excluding tert-OH is 1. The summed E-state index contributed by atoms with van der Waals surface area (Å²) in [4.78, 5) is 15.1. The average molecular weight is 484 g/mol. The van der Waals surface area contributed by atoms with Crippen molar-refractivity contribution in [1.29, 1.82) is 0 Å². The summed E-state index contributed by atoms with van der Waals surface area (Å²) in [6.07, 6.45) is 6.90. The lowest BCUT2D eigenvalue weighted by Gasteiger charge is -2.30. The van der Waals surface area contributed by atoms with Crippen molar-refractivity contribution in [2.45, 2.75) is 80.8 Å². The molecule has 1 amide bonds. The van der Waals surface area contributed by atoms with Crippen LogP contribution in [0.1, 0.15) is 82.9 Å². The Labute approximate surface area is 213 Å². The van der Waals surface area contributed by atoms with Crippen LogP contribution in [-0.4, -0.2) is 46.7 Å². The predicted octanol–water partition coefficient (Wildman–Crippen LogP) is 6.34. The minimum absolute atomic E-state index is 0.0833. The molecule has 0 radical (unpaired) electrons. The van der Waals surface area contributed by atoms with Gasteiger partial charge in [0.25, 0.3) is 5.91 Å². The molecule has 1 saturated heterocycles. The summed E-state index contributed by atoms with van der Waals surface area (Å²) < 4.78 is 2.46. The van der Waals surface area contributed by atoms with Crippen LogP contribution in [0.15, 0.2) is 42.5 Å². The second-order valence-electron chi connectivity index (χ2n) is 8.75. The van der Waals surface area contributed by atoms with Gasteiger partial charge in [0.15, 0.2) is 0 Å².